The highest BCUT2D eigenvalue weighted by molar-refractivity contribution is 7.89. The molecule has 1 saturated carbocycles. The molecule has 1 rings (SSSR count). The molecule has 4 nitrogen and oxygen atoms in total. The Bertz CT molecular complexity index is 312. The Morgan fingerprint density at radius 3 is 2.53 bits per heavy atom. The van der Waals surface area contributed by atoms with Crippen LogP contribution in [0.5, 0.6) is 0 Å². The summed E-state index contributed by atoms with van der Waals surface area (Å²) in [6.45, 7) is 5.13. The van der Waals surface area contributed by atoms with Crippen molar-refractivity contribution in [2.45, 2.75) is 57.2 Å². The molecule has 5 heteroatoms. The first kappa shape index (κ1) is 14.9. The molecule has 0 heterocycles. The van der Waals surface area contributed by atoms with Crippen LogP contribution in [0.3, 0.4) is 0 Å². The van der Waals surface area contributed by atoms with Crippen molar-refractivity contribution < 1.29 is 8.42 Å². The van der Waals surface area contributed by atoms with Gasteiger partial charge in [0.15, 0.2) is 0 Å². The van der Waals surface area contributed by atoms with E-state index in [0.29, 0.717) is 19.1 Å². The van der Waals surface area contributed by atoms with Crippen LogP contribution in [0, 0.1) is 0 Å². The molecule has 17 heavy (non-hydrogen) atoms. The smallest absolute Gasteiger partial charge is 0.217 e. The van der Waals surface area contributed by atoms with Crippen molar-refractivity contribution in [1.82, 2.24) is 9.62 Å². The van der Waals surface area contributed by atoms with Gasteiger partial charge in [-0.3, -0.25) is 0 Å². The fourth-order valence-corrected chi connectivity index (χ4v) is 3.05. The number of nitrogens with one attached hydrogen (secondary N) is 1. The van der Waals surface area contributed by atoms with Crippen LogP contribution in [0.1, 0.15) is 46.0 Å². The number of sulfonamides is 1. The van der Waals surface area contributed by atoms with Gasteiger partial charge in [-0.1, -0.05) is 19.8 Å². The first-order valence-corrected chi connectivity index (χ1v) is 8.17. The number of nitrogens with zero attached hydrogens (tertiary/aromatic N) is 1. The lowest BCUT2D eigenvalue weighted by Crippen LogP contribution is -2.41. The Kier molecular flexibility index (Phi) is 5.89. The maximum atomic E-state index is 12.1. The van der Waals surface area contributed by atoms with Gasteiger partial charge in [-0.15, -0.1) is 0 Å². The van der Waals surface area contributed by atoms with Gasteiger partial charge in [0.05, 0.1) is 5.25 Å². The van der Waals surface area contributed by atoms with Crippen molar-refractivity contribution in [3.8, 4) is 0 Å². The molecule has 0 amide bonds. The average Bonchev–Trinajstić information content (AvgIpc) is 3.09. The molecule has 0 bridgehead atoms. The third-order valence-electron chi connectivity index (χ3n) is 3.29. The molecule has 0 aromatic carbocycles. The topological polar surface area (TPSA) is 49.4 Å². The first-order chi connectivity index (χ1) is 7.98. The lowest BCUT2D eigenvalue weighted by atomic mass is 10.2. The molecule has 0 aromatic heterocycles. The third-order valence-corrected chi connectivity index (χ3v) is 5.53. The highest BCUT2D eigenvalue weighted by Crippen LogP contribution is 2.19. The van der Waals surface area contributed by atoms with Crippen molar-refractivity contribution in [2.75, 3.05) is 20.1 Å². The predicted molar refractivity (Wildman–Crippen MR) is 71.6 cm³/mol. The fraction of sp³-hybridized carbons (Fsp3) is 1.00. The van der Waals surface area contributed by atoms with Gasteiger partial charge in [0.25, 0.3) is 0 Å². The minimum atomic E-state index is -3.12. The van der Waals surface area contributed by atoms with Gasteiger partial charge in [-0.2, -0.15) is 0 Å². The van der Waals surface area contributed by atoms with Gasteiger partial charge >= 0.3 is 0 Å². The van der Waals surface area contributed by atoms with Crippen molar-refractivity contribution in [2.24, 2.45) is 0 Å². The maximum Gasteiger partial charge on any atom is 0.217 e. The van der Waals surface area contributed by atoms with Crippen LogP contribution in [0.15, 0.2) is 0 Å². The normalized spacial score (nSPS) is 18.6. The molecule has 1 N–H and O–H groups in total. The summed E-state index contributed by atoms with van der Waals surface area (Å²) in [5, 5.41) is 2.95. The number of hydrogen-bond donors (Lipinski definition) is 1. The van der Waals surface area contributed by atoms with E-state index in [1.807, 2.05) is 0 Å². The lowest BCUT2D eigenvalue weighted by molar-refractivity contribution is 0.443. The monoisotopic (exact) mass is 262 g/mol. The van der Waals surface area contributed by atoms with Crippen molar-refractivity contribution in [3.05, 3.63) is 0 Å². The Hall–Kier alpha value is -0.130. The molecule has 1 aliphatic rings. The standard InChI is InChI=1S/C12H26N2O2S/c1-4-5-6-9-14(3)17(15,16)11(2)10-13-12-7-8-12/h11-13H,4-10H2,1-3H3. The molecule has 1 unspecified atom stereocenters. The molecule has 0 radical (unpaired) electrons. The van der Waals surface area contributed by atoms with Gasteiger partial charge in [0.1, 0.15) is 0 Å². The SMILES string of the molecule is CCCCCN(C)S(=O)(=O)C(C)CNC1CC1. The summed E-state index contributed by atoms with van der Waals surface area (Å²) in [7, 11) is -1.42. The van der Waals surface area contributed by atoms with E-state index in [1.165, 1.54) is 17.1 Å². The molecule has 0 aromatic rings. The Morgan fingerprint density at radius 2 is 2.00 bits per heavy atom. The molecule has 1 fully saturated rings. The summed E-state index contributed by atoms with van der Waals surface area (Å²) >= 11 is 0. The van der Waals surface area contributed by atoms with Crippen LogP contribution < -0.4 is 5.32 Å². The minimum Gasteiger partial charge on any atom is -0.313 e. The Labute approximate surface area is 106 Å². The van der Waals surface area contributed by atoms with Gasteiger partial charge in [0.2, 0.25) is 10.0 Å². The van der Waals surface area contributed by atoms with E-state index < -0.39 is 10.0 Å². The number of hydrogen-bond acceptors (Lipinski definition) is 3. The van der Waals surface area contributed by atoms with Crippen LogP contribution in [0.25, 0.3) is 0 Å². The molecule has 102 valence electrons. The van der Waals surface area contributed by atoms with E-state index in [9.17, 15) is 8.42 Å². The minimum absolute atomic E-state index is 0.324. The van der Waals surface area contributed by atoms with Crippen molar-refractivity contribution in [1.29, 1.82) is 0 Å². The van der Waals surface area contributed by atoms with Gasteiger partial charge < -0.3 is 5.32 Å². The Balaban J connectivity index is 2.34. The first-order valence-electron chi connectivity index (χ1n) is 6.67. The zero-order valence-corrected chi connectivity index (χ0v) is 12.1. The van der Waals surface area contributed by atoms with Crippen LogP contribution in [-0.4, -0.2) is 44.2 Å². The second-order valence-electron chi connectivity index (χ2n) is 5.07. The summed E-state index contributed by atoms with van der Waals surface area (Å²) in [5.74, 6) is 0. The highest BCUT2D eigenvalue weighted by atomic mass is 32.2. The molecule has 0 aliphatic heterocycles. The van der Waals surface area contributed by atoms with E-state index in [0.717, 1.165) is 19.3 Å². The van der Waals surface area contributed by atoms with Crippen molar-refractivity contribution >= 4 is 10.0 Å². The van der Waals surface area contributed by atoms with Crippen LogP contribution in [-0.2, 0) is 10.0 Å². The zero-order valence-electron chi connectivity index (χ0n) is 11.3. The van der Waals surface area contributed by atoms with E-state index in [4.69, 9.17) is 0 Å². The Morgan fingerprint density at radius 1 is 1.35 bits per heavy atom. The number of rotatable bonds is 9. The zero-order chi connectivity index (χ0) is 12.9. The van der Waals surface area contributed by atoms with Gasteiger partial charge in [0, 0.05) is 26.2 Å². The molecular weight excluding hydrogens is 236 g/mol. The molecule has 1 aliphatic carbocycles. The molecular formula is C12H26N2O2S. The quantitative estimate of drug-likeness (QED) is 0.642. The average molecular weight is 262 g/mol. The van der Waals surface area contributed by atoms with Crippen LogP contribution in [0.2, 0.25) is 0 Å². The van der Waals surface area contributed by atoms with Crippen LogP contribution in [0.4, 0.5) is 0 Å². The van der Waals surface area contributed by atoms with E-state index in [-0.39, 0.29) is 5.25 Å². The highest BCUT2D eigenvalue weighted by Gasteiger charge is 2.28. The third kappa shape index (κ3) is 4.94. The van der Waals surface area contributed by atoms with Gasteiger partial charge in [-0.25, -0.2) is 12.7 Å². The molecule has 1 atom stereocenters. The number of unbranched alkanes of at least 4 members (excludes halogenated alkanes) is 2. The van der Waals surface area contributed by atoms with Crippen molar-refractivity contribution in [3.63, 3.8) is 0 Å². The van der Waals surface area contributed by atoms with E-state index in [1.54, 1.807) is 14.0 Å². The van der Waals surface area contributed by atoms with Crippen LogP contribution >= 0.6 is 0 Å². The summed E-state index contributed by atoms with van der Waals surface area (Å²) in [6.07, 6.45) is 5.55. The largest absolute Gasteiger partial charge is 0.313 e. The van der Waals surface area contributed by atoms with Gasteiger partial charge in [-0.05, 0) is 26.2 Å². The molecule has 0 saturated heterocycles. The summed E-state index contributed by atoms with van der Waals surface area (Å²) < 4.78 is 25.8. The summed E-state index contributed by atoms with van der Waals surface area (Å²) in [6, 6.07) is 0.568. The second kappa shape index (κ2) is 6.71. The van der Waals surface area contributed by atoms with E-state index >= 15 is 0 Å². The lowest BCUT2D eigenvalue weighted by Gasteiger charge is -2.22. The second-order valence-corrected chi connectivity index (χ2v) is 7.52. The maximum absolute atomic E-state index is 12.1. The summed E-state index contributed by atoms with van der Waals surface area (Å²) in [5.41, 5.74) is 0. The predicted octanol–water partition coefficient (Wildman–Crippen LogP) is 1.58. The summed E-state index contributed by atoms with van der Waals surface area (Å²) in [4.78, 5) is 0. The molecule has 0 spiro atoms. The van der Waals surface area contributed by atoms with E-state index in [2.05, 4.69) is 12.2 Å². The fourth-order valence-electron chi connectivity index (χ4n) is 1.74.